The Kier molecular flexibility index (Phi) is 4.63. The number of fused-ring (bicyclic) bond motifs is 2. The van der Waals surface area contributed by atoms with Crippen molar-refractivity contribution in [1.82, 2.24) is 14.8 Å². The van der Waals surface area contributed by atoms with E-state index in [-0.39, 0.29) is 0 Å². The molecule has 3 nitrogen and oxygen atoms in total. The zero-order valence-electron chi connectivity index (χ0n) is 14.6. The van der Waals surface area contributed by atoms with Crippen LogP contribution in [0.4, 0.5) is 0 Å². The molecule has 1 aliphatic carbocycles. The number of likely N-dealkylation sites (N-methyl/N-ethyl adjacent to an activating group) is 1. The molecule has 1 aromatic heterocycles. The van der Waals surface area contributed by atoms with Gasteiger partial charge in [-0.2, -0.15) is 0 Å². The molecule has 1 atom stereocenters. The van der Waals surface area contributed by atoms with Gasteiger partial charge in [0, 0.05) is 25.8 Å². The first-order valence-electron chi connectivity index (χ1n) is 9.35. The molecule has 1 saturated heterocycles. The summed E-state index contributed by atoms with van der Waals surface area (Å²) >= 11 is 0. The second-order valence-electron chi connectivity index (χ2n) is 6.97. The van der Waals surface area contributed by atoms with Crippen LogP contribution in [0.1, 0.15) is 41.8 Å². The van der Waals surface area contributed by atoms with E-state index >= 15 is 0 Å². The quantitative estimate of drug-likeness (QED) is 0.846. The number of aryl methyl sites for hydroxylation is 2. The first-order chi connectivity index (χ1) is 11.9. The zero-order chi connectivity index (χ0) is 16.4. The van der Waals surface area contributed by atoms with Gasteiger partial charge in [0.15, 0.2) is 0 Å². The first-order valence-corrected chi connectivity index (χ1v) is 9.35. The largest absolute Gasteiger partial charge is 0.302 e. The summed E-state index contributed by atoms with van der Waals surface area (Å²) in [5.41, 5.74) is 5.68. The van der Waals surface area contributed by atoms with E-state index in [1.54, 1.807) is 0 Å². The van der Waals surface area contributed by atoms with Crippen molar-refractivity contribution in [2.24, 2.45) is 0 Å². The molecule has 2 heterocycles. The Morgan fingerprint density at radius 3 is 2.71 bits per heavy atom. The maximum Gasteiger partial charge on any atom is 0.0782 e. The lowest BCUT2D eigenvalue weighted by Crippen LogP contribution is -2.35. The van der Waals surface area contributed by atoms with Gasteiger partial charge in [0.1, 0.15) is 0 Å². The van der Waals surface area contributed by atoms with Crippen molar-refractivity contribution in [3.63, 3.8) is 0 Å². The lowest BCUT2D eigenvalue weighted by atomic mass is 9.96. The van der Waals surface area contributed by atoms with Crippen molar-refractivity contribution in [3.05, 3.63) is 65.0 Å². The third-order valence-electron chi connectivity index (χ3n) is 5.63. The lowest BCUT2D eigenvalue weighted by molar-refractivity contribution is 0.222. The van der Waals surface area contributed by atoms with E-state index in [4.69, 9.17) is 4.98 Å². The molecule has 1 unspecified atom stereocenters. The molecule has 2 aromatic rings. The van der Waals surface area contributed by atoms with Gasteiger partial charge in [-0.1, -0.05) is 37.3 Å². The van der Waals surface area contributed by atoms with E-state index < -0.39 is 0 Å². The van der Waals surface area contributed by atoms with Gasteiger partial charge in [-0.25, -0.2) is 0 Å². The molecule has 0 amide bonds. The van der Waals surface area contributed by atoms with Crippen LogP contribution in [0.3, 0.4) is 0 Å². The number of benzene rings is 1. The van der Waals surface area contributed by atoms with Crippen LogP contribution in [0, 0.1) is 0 Å². The monoisotopic (exact) mass is 321 g/mol. The Morgan fingerprint density at radius 2 is 1.79 bits per heavy atom. The van der Waals surface area contributed by atoms with Crippen LogP contribution in [-0.4, -0.2) is 47.5 Å². The van der Waals surface area contributed by atoms with Gasteiger partial charge in [0.05, 0.1) is 11.7 Å². The van der Waals surface area contributed by atoms with Gasteiger partial charge in [0.25, 0.3) is 0 Å². The fourth-order valence-electron chi connectivity index (χ4n) is 4.29. The van der Waals surface area contributed by atoms with E-state index in [1.807, 2.05) is 6.20 Å². The van der Waals surface area contributed by atoms with Crippen LogP contribution in [-0.2, 0) is 12.8 Å². The molecule has 0 spiro atoms. The van der Waals surface area contributed by atoms with Crippen LogP contribution < -0.4 is 0 Å². The smallest absolute Gasteiger partial charge is 0.0782 e. The number of pyridine rings is 1. The fraction of sp³-hybridized carbons (Fsp3) is 0.476. The summed E-state index contributed by atoms with van der Waals surface area (Å²) in [6.45, 7) is 8.10. The molecule has 0 radical (unpaired) electrons. The second kappa shape index (κ2) is 7.04. The SMILES string of the molecule is CCN1CCCN(C2c3ccccc3CCc3cccnc32)CC1. The molecular weight excluding hydrogens is 294 g/mol. The van der Waals surface area contributed by atoms with Crippen molar-refractivity contribution < 1.29 is 0 Å². The van der Waals surface area contributed by atoms with E-state index in [1.165, 1.54) is 35.3 Å². The highest BCUT2D eigenvalue weighted by Gasteiger charge is 2.30. The van der Waals surface area contributed by atoms with E-state index in [0.29, 0.717) is 6.04 Å². The molecule has 1 aromatic carbocycles. The number of nitrogens with zero attached hydrogens (tertiary/aromatic N) is 3. The van der Waals surface area contributed by atoms with Crippen molar-refractivity contribution in [3.8, 4) is 0 Å². The normalized spacial score (nSPS) is 22.3. The summed E-state index contributed by atoms with van der Waals surface area (Å²) < 4.78 is 0. The van der Waals surface area contributed by atoms with Gasteiger partial charge >= 0.3 is 0 Å². The average Bonchev–Trinajstić information content (AvgIpc) is 2.96. The third-order valence-corrected chi connectivity index (χ3v) is 5.63. The molecule has 0 saturated carbocycles. The van der Waals surface area contributed by atoms with Crippen molar-refractivity contribution in [2.75, 3.05) is 32.7 Å². The van der Waals surface area contributed by atoms with Gasteiger partial charge in [-0.05, 0) is 55.1 Å². The predicted octanol–water partition coefficient (Wildman–Crippen LogP) is 3.30. The minimum absolute atomic E-state index is 0.316. The average molecular weight is 321 g/mol. The zero-order valence-corrected chi connectivity index (χ0v) is 14.6. The summed E-state index contributed by atoms with van der Waals surface area (Å²) in [5, 5.41) is 0. The molecular formula is C21H27N3. The summed E-state index contributed by atoms with van der Waals surface area (Å²) in [6.07, 6.45) is 5.44. The summed E-state index contributed by atoms with van der Waals surface area (Å²) in [7, 11) is 0. The summed E-state index contributed by atoms with van der Waals surface area (Å²) in [6, 6.07) is 13.7. The van der Waals surface area contributed by atoms with Crippen LogP contribution in [0.25, 0.3) is 0 Å². The molecule has 4 rings (SSSR count). The highest BCUT2D eigenvalue weighted by Crippen LogP contribution is 2.35. The Hall–Kier alpha value is -1.71. The topological polar surface area (TPSA) is 19.4 Å². The maximum atomic E-state index is 4.85. The Bertz CT molecular complexity index is 649. The molecule has 1 fully saturated rings. The van der Waals surface area contributed by atoms with E-state index in [0.717, 1.165) is 39.0 Å². The number of aromatic nitrogens is 1. The van der Waals surface area contributed by atoms with E-state index in [9.17, 15) is 0 Å². The highest BCUT2D eigenvalue weighted by atomic mass is 15.2. The predicted molar refractivity (Wildman–Crippen MR) is 98.2 cm³/mol. The number of hydrogen-bond donors (Lipinski definition) is 0. The summed E-state index contributed by atoms with van der Waals surface area (Å²) in [4.78, 5) is 10.1. The second-order valence-corrected chi connectivity index (χ2v) is 6.97. The third kappa shape index (κ3) is 2.99. The Balaban J connectivity index is 1.75. The maximum absolute atomic E-state index is 4.85. The van der Waals surface area contributed by atoms with E-state index in [2.05, 4.69) is 53.1 Å². The Labute approximate surface area is 145 Å². The van der Waals surface area contributed by atoms with Gasteiger partial charge in [-0.3, -0.25) is 9.88 Å². The minimum atomic E-state index is 0.316. The van der Waals surface area contributed by atoms with Crippen LogP contribution in [0.15, 0.2) is 42.6 Å². The minimum Gasteiger partial charge on any atom is -0.302 e. The van der Waals surface area contributed by atoms with Crippen LogP contribution >= 0.6 is 0 Å². The molecule has 24 heavy (non-hydrogen) atoms. The van der Waals surface area contributed by atoms with Crippen LogP contribution in [0.5, 0.6) is 0 Å². The highest BCUT2D eigenvalue weighted by molar-refractivity contribution is 5.41. The number of hydrogen-bond acceptors (Lipinski definition) is 3. The lowest BCUT2D eigenvalue weighted by Gasteiger charge is -2.31. The van der Waals surface area contributed by atoms with Gasteiger partial charge in [-0.15, -0.1) is 0 Å². The van der Waals surface area contributed by atoms with Gasteiger partial charge < -0.3 is 4.90 Å². The molecule has 3 heteroatoms. The molecule has 0 bridgehead atoms. The molecule has 2 aliphatic rings. The summed E-state index contributed by atoms with van der Waals surface area (Å²) in [5.74, 6) is 0. The molecule has 0 N–H and O–H groups in total. The first kappa shape index (κ1) is 15.8. The molecule has 126 valence electrons. The van der Waals surface area contributed by atoms with Crippen LogP contribution in [0.2, 0.25) is 0 Å². The van der Waals surface area contributed by atoms with Gasteiger partial charge in [0.2, 0.25) is 0 Å². The van der Waals surface area contributed by atoms with Crippen molar-refractivity contribution in [1.29, 1.82) is 0 Å². The van der Waals surface area contributed by atoms with Crippen molar-refractivity contribution >= 4 is 0 Å². The molecule has 1 aliphatic heterocycles. The van der Waals surface area contributed by atoms with Crippen molar-refractivity contribution in [2.45, 2.75) is 32.2 Å². The standard InChI is InChI=1S/C21H27N3/c1-2-23-13-6-14-24(16-15-23)21-19-9-4-3-7-17(19)10-11-18-8-5-12-22-20(18)21/h3-5,7-9,12,21H,2,6,10-11,13-16H2,1H3. The fourth-order valence-corrected chi connectivity index (χ4v) is 4.29. The Morgan fingerprint density at radius 1 is 0.958 bits per heavy atom. The number of rotatable bonds is 2.